The van der Waals surface area contributed by atoms with Crippen LogP contribution in [0.4, 0.5) is 11.4 Å². The Morgan fingerprint density at radius 3 is 2.32 bits per heavy atom. The molecule has 0 spiro atoms. The van der Waals surface area contributed by atoms with Crippen molar-refractivity contribution in [2.75, 3.05) is 36.8 Å². The van der Waals surface area contributed by atoms with Gasteiger partial charge in [0.25, 0.3) is 0 Å². The molecular formula is C23H21N5O2S. The number of anilines is 2. The maximum atomic E-state index is 13.0. The van der Waals surface area contributed by atoms with Gasteiger partial charge in [0, 0.05) is 32.2 Å². The Morgan fingerprint density at radius 1 is 1.10 bits per heavy atom. The summed E-state index contributed by atoms with van der Waals surface area (Å²) in [6.07, 6.45) is 3.53. The van der Waals surface area contributed by atoms with Gasteiger partial charge < -0.3 is 14.5 Å². The summed E-state index contributed by atoms with van der Waals surface area (Å²) < 4.78 is 7.11. The first-order valence-corrected chi connectivity index (χ1v) is 10.6. The third-order valence-corrected chi connectivity index (χ3v) is 6.11. The van der Waals surface area contributed by atoms with E-state index in [1.54, 1.807) is 13.3 Å². The summed E-state index contributed by atoms with van der Waals surface area (Å²) in [5, 5.41) is 10.5. The number of nitriles is 1. The molecule has 0 saturated heterocycles. The molecule has 156 valence electrons. The fraction of sp³-hybridized carbons (Fsp3) is 0.174. The number of methoxy groups -OCH3 is 1. The number of carbonyl (C=O) groups excluding carboxylic acids is 1. The number of carbonyl (C=O) groups is 1. The first kappa shape index (κ1) is 20.6. The molecule has 0 bridgehead atoms. The molecule has 4 rings (SSSR count). The number of Topliss-reactive ketones (excluding diaryl/α,β-unsaturated/α-hetero) is 1. The predicted molar refractivity (Wildman–Crippen MR) is 122 cm³/mol. The van der Waals surface area contributed by atoms with Crippen molar-refractivity contribution >= 4 is 28.9 Å². The highest BCUT2D eigenvalue weighted by molar-refractivity contribution is 7.99. The minimum Gasteiger partial charge on any atom is -0.497 e. The summed E-state index contributed by atoms with van der Waals surface area (Å²) in [5.41, 5.74) is 2.97. The minimum absolute atomic E-state index is 0.109. The predicted octanol–water partition coefficient (Wildman–Crippen LogP) is 3.86. The first-order chi connectivity index (χ1) is 15.0. The van der Waals surface area contributed by atoms with Gasteiger partial charge in [-0.25, -0.2) is 4.98 Å². The molecule has 1 aliphatic rings. The summed E-state index contributed by atoms with van der Waals surface area (Å²) in [7, 11) is 5.36. The number of hydrogen-bond donors (Lipinski definition) is 0. The van der Waals surface area contributed by atoms with Crippen molar-refractivity contribution in [1.82, 2.24) is 9.55 Å². The Bertz CT molecular complexity index is 1160. The van der Waals surface area contributed by atoms with E-state index in [9.17, 15) is 10.1 Å². The lowest BCUT2D eigenvalue weighted by Gasteiger charge is -2.19. The zero-order chi connectivity index (χ0) is 22.0. The molecule has 0 amide bonds. The summed E-state index contributed by atoms with van der Waals surface area (Å²) in [5.74, 6) is 1.23. The number of benzene rings is 2. The number of ketones is 1. The summed E-state index contributed by atoms with van der Waals surface area (Å²) in [6, 6.07) is 17.5. The monoisotopic (exact) mass is 431 g/mol. The lowest BCUT2D eigenvalue weighted by Crippen LogP contribution is -2.26. The fourth-order valence-electron chi connectivity index (χ4n) is 3.60. The van der Waals surface area contributed by atoms with Crippen molar-refractivity contribution in [3.8, 4) is 17.5 Å². The van der Waals surface area contributed by atoms with Gasteiger partial charge >= 0.3 is 0 Å². The molecular weight excluding hydrogens is 410 g/mol. The zero-order valence-electron chi connectivity index (χ0n) is 17.4. The van der Waals surface area contributed by atoms with E-state index in [0.717, 1.165) is 22.8 Å². The van der Waals surface area contributed by atoms with Crippen LogP contribution < -0.4 is 14.5 Å². The van der Waals surface area contributed by atoms with Crippen LogP contribution in [-0.4, -0.2) is 42.3 Å². The second kappa shape index (κ2) is 8.58. The lowest BCUT2D eigenvalue weighted by molar-refractivity contribution is -0.112. The summed E-state index contributed by atoms with van der Waals surface area (Å²) in [4.78, 5) is 21.2. The molecule has 2 heterocycles. The Morgan fingerprint density at radius 2 is 1.74 bits per heavy atom. The van der Waals surface area contributed by atoms with Gasteiger partial charge in [-0.3, -0.25) is 9.36 Å². The van der Waals surface area contributed by atoms with Gasteiger partial charge in [-0.2, -0.15) is 5.26 Å². The van der Waals surface area contributed by atoms with Crippen LogP contribution in [0.3, 0.4) is 0 Å². The molecule has 1 aromatic heterocycles. The van der Waals surface area contributed by atoms with E-state index in [0.29, 0.717) is 11.0 Å². The van der Waals surface area contributed by atoms with Gasteiger partial charge in [0.15, 0.2) is 10.9 Å². The fourth-order valence-corrected chi connectivity index (χ4v) is 4.44. The maximum absolute atomic E-state index is 13.0. The summed E-state index contributed by atoms with van der Waals surface area (Å²) in [6.45, 7) is 0. The van der Waals surface area contributed by atoms with E-state index in [1.165, 1.54) is 11.8 Å². The molecule has 31 heavy (non-hydrogen) atoms. The number of thioether (sulfide) groups is 1. The summed E-state index contributed by atoms with van der Waals surface area (Å²) >= 11 is 1.30. The topological polar surface area (TPSA) is 74.4 Å². The molecule has 3 aromatic rings. The maximum Gasteiger partial charge on any atom is 0.187 e. The van der Waals surface area contributed by atoms with E-state index in [1.807, 2.05) is 83.2 Å². The van der Waals surface area contributed by atoms with Gasteiger partial charge in [0.2, 0.25) is 0 Å². The molecule has 8 heteroatoms. The van der Waals surface area contributed by atoms with Crippen LogP contribution in [0.15, 0.2) is 77.5 Å². The van der Waals surface area contributed by atoms with E-state index in [-0.39, 0.29) is 17.1 Å². The second-order valence-electron chi connectivity index (χ2n) is 6.91. The lowest BCUT2D eigenvalue weighted by atomic mass is 10.2. The molecule has 1 aliphatic heterocycles. The van der Waals surface area contributed by atoms with Crippen LogP contribution in [0.25, 0.3) is 5.69 Å². The minimum atomic E-state index is -0.238. The van der Waals surface area contributed by atoms with Crippen molar-refractivity contribution in [2.24, 2.45) is 0 Å². The second-order valence-corrected chi connectivity index (χ2v) is 7.85. The van der Waals surface area contributed by atoms with E-state index in [4.69, 9.17) is 4.74 Å². The van der Waals surface area contributed by atoms with Crippen molar-refractivity contribution < 1.29 is 9.53 Å². The number of allylic oxidation sites excluding steroid dienone is 1. The first-order valence-electron chi connectivity index (χ1n) is 9.59. The highest BCUT2D eigenvalue weighted by Gasteiger charge is 2.31. The van der Waals surface area contributed by atoms with Crippen LogP contribution in [0, 0.1) is 11.3 Å². The number of para-hydroxylation sites is 2. The van der Waals surface area contributed by atoms with Crippen LogP contribution in [0.2, 0.25) is 0 Å². The third kappa shape index (κ3) is 3.76. The number of aromatic nitrogens is 2. The van der Waals surface area contributed by atoms with Crippen LogP contribution in [0.1, 0.15) is 0 Å². The number of ether oxygens (including phenoxy) is 1. The van der Waals surface area contributed by atoms with Gasteiger partial charge in [-0.1, -0.05) is 23.9 Å². The largest absolute Gasteiger partial charge is 0.497 e. The molecule has 0 radical (unpaired) electrons. The molecule has 0 atom stereocenters. The Balaban J connectivity index is 1.55. The van der Waals surface area contributed by atoms with E-state index < -0.39 is 0 Å². The Hall–Kier alpha value is -3.70. The van der Waals surface area contributed by atoms with Crippen LogP contribution >= 0.6 is 11.8 Å². The number of nitrogens with zero attached hydrogens (tertiary/aromatic N) is 5. The molecule has 0 unspecified atom stereocenters. The van der Waals surface area contributed by atoms with E-state index in [2.05, 4.69) is 11.1 Å². The zero-order valence-corrected chi connectivity index (χ0v) is 18.3. The molecule has 0 fully saturated rings. The molecule has 0 aliphatic carbocycles. The van der Waals surface area contributed by atoms with Crippen molar-refractivity contribution in [1.29, 1.82) is 5.26 Å². The smallest absolute Gasteiger partial charge is 0.187 e. The molecule has 7 nitrogen and oxygen atoms in total. The number of hydrogen-bond acceptors (Lipinski definition) is 7. The van der Waals surface area contributed by atoms with E-state index >= 15 is 0 Å². The SMILES string of the molecule is COc1ccc(-n2ccnc2SCC(=O)C(C#N)=C2N(C)c3ccccc3N2C)cc1. The number of fused-ring (bicyclic) bond motifs is 1. The Kier molecular flexibility index (Phi) is 5.69. The number of rotatable bonds is 6. The molecule has 2 aromatic carbocycles. The normalized spacial score (nSPS) is 12.5. The highest BCUT2D eigenvalue weighted by Crippen LogP contribution is 2.40. The standard InChI is InChI=1S/C23H21N5O2S/c1-26-19-6-4-5-7-20(19)27(2)22(26)18(14-24)21(29)15-31-23-25-12-13-28(23)16-8-10-17(30-3)11-9-16/h4-13H,15H2,1-3H3. The average Bonchev–Trinajstić information content (AvgIpc) is 3.37. The van der Waals surface area contributed by atoms with Crippen molar-refractivity contribution in [3.05, 3.63) is 72.3 Å². The average molecular weight is 432 g/mol. The van der Waals surface area contributed by atoms with Crippen molar-refractivity contribution in [2.45, 2.75) is 5.16 Å². The van der Waals surface area contributed by atoms with Gasteiger partial charge in [0.05, 0.1) is 24.2 Å². The molecule has 0 N–H and O–H groups in total. The van der Waals surface area contributed by atoms with Gasteiger partial charge in [0.1, 0.15) is 23.2 Å². The quantitative estimate of drug-likeness (QED) is 0.333. The van der Waals surface area contributed by atoms with Crippen LogP contribution in [0.5, 0.6) is 5.75 Å². The van der Waals surface area contributed by atoms with Crippen LogP contribution in [-0.2, 0) is 4.79 Å². The van der Waals surface area contributed by atoms with Gasteiger partial charge in [-0.15, -0.1) is 0 Å². The Labute approximate surface area is 185 Å². The third-order valence-electron chi connectivity index (χ3n) is 5.14. The van der Waals surface area contributed by atoms with Crippen molar-refractivity contribution in [3.63, 3.8) is 0 Å². The molecule has 0 saturated carbocycles. The van der Waals surface area contributed by atoms with Gasteiger partial charge in [-0.05, 0) is 36.4 Å². The highest BCUT2D eigenvalue weighted by atomic mass is 32.2. The number of imidazole rings is 1.